The predicted octanol–water partition coefficient (Wildman–Crippen LogP) is 23.4. The fourth-order valence-electron chi connectivity index (χ4n) is 11.6. The number of benzene rings is 5. The lowest BCUT2D eigenvalue weighted by molar-refractivity contribution is 0.0674. The number of nitrogens with one attached hydrogen (secondary N) is 1. The first-order chi connectivity index (χ1) is 39.8. The zero-order valence-electron chi connectivity index (χ0n) is 58.6. The van der Waals surface area contributed by atoms with Crippen molar-refractivity contribution in [1.82, 2.24) is 4.98 Å². The molecule has 4 heterocycles. The van der Waals surface area contributed by atoms with Crippen molar-refractivity contribution in [3.8, 4) is 5.75 Å². The third kappa shape index (κ3) is 19.9. The van der Waals surface area contributed by atoms with Gasteiger partial charge in [-0.1, -0.05) is 241 Å². The fourth-order valence-corrected chi connectivity index (χ4v) is 11.6. The molecule has 5 aromatic carbocycles. The number of aromatic nitrogens is 1. The Bertz CT molecular complexity index is 3330. The molecule has 0 saturated heterocycles. The summed E-state index contributed by atoms with van der Waals surface area (Å²) in [6.07, 6.45) is 9.02. The predicted molar refractivity (Wildman–Crippen MR) is 380 cm³/mol. The highest BCUT2D eigenvalue weighted by atomic mass is 16.5. The number of pyridine rings is 1. The average molecular weight is 1180 g/mol. The Labute approximate surface area is 531 Å². The van der Waals surface area contributed by atoms with E-state index in [2.05, 4.69) is 243 Å². The second-order valence-electron chi connectivity index (χ2n) is 32.4. The lowest BCUT2D eigenvalue weighted by Crippen LogP contribution is -2.35. The molecule has 0 amide bonds. The van der Waals surface area contributed by atoms with Gasteiger partial charge in [0.2, 0.25) is 0 Å². The van der Waals surface area contributed by atoms with E-state index in [1.807, 2.05) is 39.0 Å². The van der Waals surface area contributed by atoms with Gasteiger partial charge in [0.05, 0.1) is 10.9 Å². The Hall–Kier alpha value is -5.68. The van der Waals surface area contributed by atoms with Gasteiger partial charge in [-0.15, -0.1) is 0 Å². The van der Waals surface area contributed by atoms with Gasteiger partial charge in [0, 0.05) is 34.3 Å². The molecule has 10 rings (SSSR count). The Balaban J connectivity index is 0.000000198. The normalized spacial score (nSPS) is 16.8. The third-order valence-electron chi connectivity index (χ3n) is 18.2. The van der Waals surface area contributed by atoms with Crippen molar-refractivity contribution in [2.75, 3.05) is 5.32 Å². The van der Waals surface area contributed by atoms with Crippen LogP contribution in [0.25, 0.3) is 21.9 Å². The van der Waals surface area contributed by atoms with Crippen LogP contribution in [0.1, 0.15) is 285 Å². The summed E-state index contributed by atoms with van der Waals surface area (Å²) in [5.74, 6) is 5.54. The Morgan fingerprint density at radius 1 is 0.494 bits per heavy atom. The Morgan fingerprint density at radius 3 is 1.61 bits per heavy atom. The topological polar surface area (TPSA) is 64.4 Å². The number of aryl methyl sites for hydroxylation is 3. The molecule has 7 aromatic rings. The van der Waals surface area contributed by atoms with Gasteiger partial charge in [-0.05, 0) is 195 Å². The summed E-state index contributed by atoms with van der Waals surface area (Å²) in [7, 11) is 0. The highest BCUT2D eigenvalue weighted by molar-refractivity contribution is 5.80. The summed E-state index contributed by atoms with van der Waals surface area (Å²) in [6, 6.07) is 39.8. The van der Waals surface area contributed by atoms with Gasteiger partial charge in [-0.3, -0.25) is 9.78 Å². The molecule has 2 aromatic heterocycles. The van der Waals surface area contributed by atoms with Gasteiger partial charge in [0.25, 0.3) is 0 Å². The number of rotatable bonds is 5. The Morgan fingerprint density at radius 2 is 1.05 bits per heavy atom. The molecule has 5 heteroatoms. The molecular formula is C82H120N2O3. The minimum absolute atomic E-state index is 0. The van der Waals surface area contributed by atoms with E-state index in [0.717, 1.165) is 35.8 Å². The van der Waals surface area contributed by atoms with Crippen molar-refractivity contribution in [2.45, 2.75) is 278 Å². The number of nitrogens with zero attached hydrogens (tertiary/aromatic N) is 1. The quantitative estimate of drug-likeness (QED) is 0.186. The van der Waals surface area contributed by atoms with E-state index in [1.165, 1.54) is 87.8 Å². The Kier molecular flexibility index (Phi) is 24.3. The smallest absolute Gasteiger partial charge is 0.192 e. The number of hydrogen-bond donors (Lipinski definition) is 1. The molecule has 0 spiro atoms. The second-order valence-corrected chi connectivity index (χ2v) is 32.4. The maximum atomic E-state index is 12.2. The second kappa shape index (κ2) is 29.3. The molecule has 0 fully saturated rings. The van der Waals surface area contributed by atoms with Crippen LogP contribution < -0.4 is 15.5 Å². The molecule has 3 unspecified atom stereocenters. The van der Waals surface area contributed by atoms with Crippen LogP contribution in [0.2, 0.25) is 0 Å². The largest absolute Gasteiger partial charge is 0.490 e. The molecule has 3 atom stereocenters. The lowest BCUT2D eigenvalue weighted by atomic mass is 9.70. The first-order valence-corrected chi connectivity index (χ1v) is 33.1. The fraction of sp³-hybridized carbons (Fsp3) is 0.561. The molecule has 0 saturated carbocycles. The van der Waals surface area contributed by atoms with E-state index in [-0.39, 0.29) is 34.5 Å². The van der Waals surface area contributed by atoms with Crippen LogP contribution in [0.15, 0.2) is 118 Å². The molecule has 476 valence electrons. The minimum Gasteiger partial charge on any atom is -0.490 e. The van der Waals surface area contributed by atoms with Crippen molar-refractivity contribution in [1.29, 1.82) is 0 Å². The van der Waals surface area contributed by atoms with Crippen molar-refractivity contribution in [3.63, 3.8) is 0 Å². The van der Waals surface area contributed by atoms with Crippen LogP contribution in [0.5, 0.6) is 5.75 Å². The van der Waals surface area contributed by atoms with E-state index in [4.69, 9.17) is 14.1 Å². The molecule has 2 aliphatic heterocycles. The van der Waals surface area contributed by atoms with Gasteiger partial charge in [-0.2, -0.15) is 0 Å². The minimum atomic E-state index is -0.149. The zero-order chi connectivity index (χ0) is 64.0. The number of hydrogen-bond acceptors (Lipinski definition) is 5. The van der Waals surface area contributed by atoms with Crippen molar-refractivity contribution >= 4 is 27.6 Å². The summed E-state index contributed by atoms with van der Waals surface area (Å²) in [5.41, 5.74) is 18.3. The number of ether oxygens (including phenoxy) is 1. The molecule has 1 aliphatic carbocycles. The maximum Gasteiger partial charge on any atom is 0.192 e. The monoisotopic (exact) mass is 1180 g/mol. The van der Waals surface area contributed by atoms with E-state index in [9.17, 15) is 4.79 Å². The summed E-state index contributed by atoms with van der Waals surface area (Å²) >= 11 is 0. The van der Waals surface area contributed by atoms with Crippen molar-refractivity contribution in [3.05, 3.63) is 181 Å². The first kappa shape index (κ1) is 72.1. The van der Waals surface area contributed by atoms with Crippen molar-refractivity contribution < 1.29 is 9.15 Å². The van der Waals surface area contributed by atoms with Crippen LogP contribution in [0.4, 0.5) is 5.69 Å². The average Bonchev–Trinajstić information content (AvgIpc) is 1.44. The first-order valence-electron chi connectivity index (χ1n) is 33.1. The SMILES string of the molecule is C.CC(C)C1CCc2cc(C(C)(C)C)ccc2N1.CC(C)c1ccc2c(c1)CCC(C(C)(C)C)C2.CC(C)c1ccc2c(c1)CCC(C(C)(C)C)O2.CC(C)c1ccc2cc(C(C)(C)C)ccc2n1.CC(C)c1ccc2oc(C(C)(C)C)cc(=O)c2c1. The van der Waals surface area contributed by atoms with Crippen LogP contribution in [-0.4, -0.2) is 17.1 Å². The van der Waals surface area contributed by atoms with Gasteiger partial charge in [-0.25, -0.2) is 0 Å². The van der Waals surface area contributed by atoms with E-state index < -0.39 is 0 Å². The van der Waals surface area contributed by atoms with Crippen LogP contribution in [0, 0.1) is 22.7 Å². The standard InChI is InChI=1S/C17H26.C16H25N.C16H21N.C16H20O2.C16H24O.CH4/c1-12(2)13-6-7-15-11-16(17(3,4)5)9-8-14(15)10-13;2*1-11(2)14-8-6-12-10-13(16(3,4)5)7-9-15(12)17-14;1-10(2)11-6-7-14-12(8-11)13(17)9-15(18-14)16(3,4)5;1-11(2)12-6-8-14-13(10-12)7-9-15(17-14)16(3,4)5;/h6-7,10,12,16H,8-9,11H2,1-5H3;7,9-11,14,17H,6,8H2,1-5H3;6-11H,1-5H3;6-10H,1-5H3;6,8,10-11,15H,7,9H2,1-5H3;1H4. The van der Waals surface area contributed by atoms with Gasteiger partial charge < -0.3 is 14.5 Å². The summed E-state index contributed by atoms with van der Waals surface area (Å²) < 4.78 is 12.0. The molecule has 0 radical (unpaired) electrons. The summed E-state index contributed by atoms with van der Waals surface area (Å²) in [6.45, 7) is 55.8. The van der Waals surface area contributed by atoms with Crippen molar-refractivity contribution in [2.24, 2.45) is 22.7 Å². The third-order valence-corrected chi connectivity index (χ3v) is 18.2. The van der Waals surface area contributed by atoms with Crippen LogP contribution in [0.3, 0.4) is 0 Å². The molecule has 1 N–H and O–H groups in total. The zero-order valence-corrected chi connectivity index (χ0v) is 58.6. The number of fused-ring (bicyclic) bond motifs is 5. The summed E-state index contributed by atoms with van der Waals surface area (Å²) in [4.78, 5) is 16.9. The highest BCUT2D eigenvalue weighted by Gasteiger charge is 2.31. The van der Waals surface area contributed by atoms with E-state index >= 15 is 0 Å². The molecule has 5 nitrogen and oxygen atoms in total. The molecule has 0 bridgehead atoms. The molecular weight excluding hydrogens is 1060 g/mol. The van der Waals surface area contributed by atoms with Gasteiger partial charge in [0.15, 0.2) is 5.43 Å². The van der Waals surface area contributed by atoms with E-state index in [1.54, 1.807) is 17.2 Å². The summed E-state index contributed by atoms with van der Waals surface area (Å²) in [5, 5.41) is 5.59. The lowest BCUT2D eigenvalue weighted by Gasteiger charge is -2.35. The molecule has 87 heavy (non-hydrogen) atoms. The van der Waals surface area contributed by atoms with Gasteiger partial charge >= 0.3 is 0 Å². The maximum absolute atomic E-state index is 12.2. The highest BCUT2D eigenvalue weighted by Crippen LogP contribution is 2.40. The molecule has 3 aliphatic rings. The van der Waals surface area contributed by atoms with Crippen LogP contribution in [-0.2, 0) is 41.9 Å². The van der Waals surface area contributed by atoms with Gasteiger partial charge in [0.1, 0.15) is 23.2 Å². The van der Waals surface area contributed by atoms with Crippen LogP contribution >= 0.6 is 0 Å². The van der Waals surface area contributed by atoms with E-state index in [0.29, 0.717) is 58.1 Å². The number of anilines is 1.